The third-order valence-electron chi connectivity index (χ3n) is 2.78. The zero-order chi connectivity index (χ0) is 13.2. The van der Waals surface area contributed by atoms with Crippen molar-refractivity contribution in [2.75, 3.05) is 5.73 Å². The molecule has 0 bridgehead atoms. The molecular weight excluding hydrogens is 242 g/mol. The summed E-state index contributed by atoms with van der Waals surface area (Å²) in [6.45, 7) is 0. The third kappa shape index (κ3) is 1.89. The fraction of sp³-hybridized carbons (Fsp3) is 0. The summed E-state index contributed by atoms with van der Waals surface area (Å²) in [4.78, 5) is 19.9. The third-order valence-corrected chi connectivity index (χ3v) is 2.78. The summed E-state index contributed by atoms with van der Waals surface area (Å²) < 4.78 is 1.30. The molecule has 0 aliphatic rings. The maximum absolute atomic E-state index is 12.1. The van der Waals surface area contributed by atoms with Crippen molar-refractivity contribution in [1.29, 1.82) is 0 Å². The molecule has 0 atom stereocenters. The molecule has 6 heteroatoms. The van der Waals surface area contributed by atoms with Gasteiger partial charge in [0.2, 0.25) is 0 Å². The van der Waals surface area contributed by atoms with Crippen LogP contribution in [0.25, 0.3) is 17.1 Å². The highest BCUT2D eigenvalue weighted by Crippen LogP contribution is 2.21. The number of hydrogen-bond acceptors (Lipinski definition) is 4. The first-order valence-electron chi connectivity index (χ1n) is 5.69. The van der Waals surface area contributed by atoms with Crippen LogP contribution in [0.2, 0.25) is 0 Å². The van der Waals surface area contributed by atoms with Gasteiger partial charge in [-0.3, -0.25) is 9.89 Å². The number of aromatic nitrogens is 4. The summed E-state index contributed by atoms with van der Waals surface area (Å²) >= 11 is 0. The van der Waals surface area contributed by atoms with E-state index in [9.17, 15) is 4.79 Å². The summed E-state index contributed by atoms with van der Waals surface area (Å²) in [6, 6.07) is 11.1. The molecule has 0 radical (unpaired) electrons. The zero-order valence-corrected chi connectivity index (χ0v) is 9.95. The predicted octanol–water partition coefficient (Wildman–Crippen LogP) is 1.20. The first kappa shape index (κ1) is 11.2. The maximum Gasteiger partial charge on any atom is 0.296 e. The smallest absolute Gasteiger partial charge is 0.296 e. The molecule has 0 fully saturated rings. The number of rotatable bonds is 2. The second kappa shape index (κ2) is 4.41. The van der Waals surface area contributed by atoms with Gasteiger partial charge >= 0.3 is 0 Å². The van der Waals surface area contributed by atoms with Crippen LogP contribution in [0.15, 0.2) is 53.7 Å². The number of anilines is 1. The Hall–Kier alpha value is -2.89. The Morgan fingerprint density at radius 3 is 2.63 bits per heavy atom. The van der Waals surface area contributed by atoms with Crippen molar-refractivity contribution in [3.05, 3.63) is 59.3 Å². The number of nitrogens with one attached hydrogen (secondary N) is 1. The molecule has 0 saturated heterocycles. The molecule has 0 saturated carbocycles. The van der Waals surface area contributed by atoms with Crippen LogP contribution in [0.5, 0.6) is 0 Å². The van der Waals surface area contributed by atoms with Crippen LogP contribution in [0.4, 0.5) is 5.69 Å². The second-order valence-corrected chi connectivity index (χ2v) is 3.97. The monoisotopic (exact) mass is 253 g/mol. The van der Waals surface area contributed by atoms with Gasteiger partial charge in [-0.15, -0.1) is 0 Å². The first-order chi connectivity index (χ1) is 9.27. The van der Waals surface area contributed by atoms with Gasteiger partial charge in [0.1, 0.15) is 12.0 Å². The lowest BCUT2D eigenvalue weighted by atomic mass is 10.1. The summed E-state index contributed by atoms with van der Waals surface area (Å²) in [5.41, 5.74) is 7.15. The van der Waals surface area contributed by atoms with E-state index in [1.54, 1.807) is 12.3 Å². The van der Waals surface area contributed by atoms with Crippen molar-refractivity contribution in [1.82, 2.24) is 19.7 Å². The van der Waals surface area contributed by atoms with Crippen LogP contribution in [0.3, 0.4) is 0 Å². The Morgan fingerprint density at radius 2 is 1.95 bits per heavy atom. The Labute approximate surface area is 108 Å². The number of benzene rings is 1. The lowest BCUT2D eigenvalue weighted by molar-refractivity contribution is 0.815. The summed E-state index contributed by atoms with van der Waals surface area (Å²) in [5, 5.41) is 2.97. The van der Waals surface area contributed by atoms with Crippen molar-refractivity contribution < 1.29 is 0 Å². The first-order valence-corrected chi connectivity index (χ1v) is 5.69. The van der Waals surface area contributed by atoms with Crippen LogP contribution in [-0.2, 0) is 0 Å². The Bertz CT molecular complexity index is 746. The average Bonchev–Trinajstić information content (AvgIpc) is 2.77. The van der Waals surface area contributed by atoms with Gasteiger partial charge in [0, 0.05) is 17.8 Å². The predicted molar refractivity (Wildman–Crippen MR) is 71.8 cm³/mol. The van der Waals surface area contributed by atoms with E-state index in [1.807, 2.05) is 30.3 Å². The van der Waals surface area contributed by atoms with Crippen LogP contribution in [0.1, 0.15) is 0 Å². The zero-order valence-electron chi connectivity index (χ0n) is 9.95. The molecule has 2 heterocycles. The number of aromatic amines is 1. The lowest BCUT2D eigenvalue weighted by Crippen LogP contribution is -2.17. The summed E-state index contributed by atoms with van der Waals surface area (Å²) in [5.74, 6) is 0.453. The topological polar surface area (TPSA) is 89.6 Å². The molecule has 0 amide bonds. The van der Waals surface area contributed by atoms with Crippen LogP contribution >= 0.6 is 0 Å². The molecule has 2 aromatic heterocycles. The summed E-state index contributed by atoms with van der Waals surface area (Å²) in [6.07, 6.45) is 2.94. The molecule has 3 N–H and O–H groups in total. The maximum atomic E-state index is 12.1. The van der Waals surface area contributed by atoms with E-state index in [0.717, 1.165) is 5.56 Å². The van der Waals surface area contributed by atoms with E-state index in [4.69, 9.17) is 5.73 Å². The van der Waals surface area contributed by atoms with E-state index < -0.39 is 0 Å². The highest BCUT2D eigenvalue weighted by Gasteiger charge is 2.13. The van der Waals surface area contributed by atoms with Gasteiger partial charge in [-0.1, -0.05) is 30.3 Å². The number of hydrogen-bond donors (Lipinski definition) is 2. The van der Waals surface area contributed by atoms with Gasteiger partial charge in [0.05, 0.1) is 5.69 Å². The molecule has 0 aliphatic carbocycles. The van der Waals surface area contributed by atoms with Gasteiger partial charge < -0.3 is 5.73 Å². The largest absolute Gasteiger partial charge is 0.392 e. The van der Waals surface area contributed by atoms with Crippen LogP contribution in [0, 0.1) is 0 Å². The molecular formula is C13H11N5O. The van der Waals surface area contributed by atoms with Gasteiger partial charge in [-0.05, 0) is 0 Å². The SMILES string of the molecule is Nc1c(-c2ccccc2)[nH]n(-c2ccncn2)c1=O. The van der Waals surface area contributed by atoms with E-state index in [-0.39, 0.29) is 11.2 Å². The van der Waals surface area contributed by atoms with Crippen LogP contribution in [-0.4, -0.2) is 19.7 Å². The summed E-state index contributed by atoms with van der Waals surface area (Å²) in [7, 11) is 0. The highest BCUT2D eigenvalue weighted by molar-refractivity contribution is 5.72. The Kier molecular flexibility index (Phi) is 2.60. The Balaban J connectivity index is 2.19. The minimum Gasteiger partial charge on any atom is -0.392 e. The van der Waals surface area contributed by atoms with Gasteiger partial charge in [-0.25, -0.2) is 9.97 Å². The van der Waals surface area contributed by atoms with Gasteiger partial charge in [0.25, 0.3) is 5.56 Å². The molecule has 0 aliphatic heterocycles. The molecule has 6 nitrogen and oxygen atoms in total. The van der Waals surface area contributed by atoms with Gasteiger partial charge in [0.15, 0.2) is 5.82 Å². The van der Waals surface area contributed by atoms with E-state index >= 15 is 0 Å². The fourth-order valence-corrected chi connectivity index (χ4v) is 1.85. The molecule has 3 aromatic rings. The quantitative estimate of drug-likeness (QED) is 0.718. The molecule has 0 unspecified atom stereocenters. The Morgan fingerprint density at radius 1 is 1.16 bits per heavy atom. The lowest BCUT2D eigenvalue weighted by Gasteiger charge is -2.00. The van der Waals surface area contributed by atoms with E-state index in [2.05, 4.69) is 15.1 Å². The van der Waals surface area contributed by atoms with E-state index in [0.29, 0.717) is 11.5 Å². The standard InChI is InChI=1S/C13H11N5O/c14-11-12(9-4-2-1-3-5-9)17-18(13(11)19)10-6-7-15-8-16-10/h1-8,17H,14H2. The minimum atomic E-state index is -0.322. The van der Waals surface area contributed by atoms with Crippen molar-refractivity contribution >= 4 is 5.69 Å². The average molecular weight is 253 g/mol. The van der Waals surface area contributed by atoms with Gasteiger partial charge in [-0.2, -0.15) is 4.68 Å². The van der Waals surface area contributed by atoms with Crippen molar-refractivity contribution in [2.24, 2.45) is 0 Å². The minimum absolute atomic E-state index is 0.171. The molecule has 3 rings (SSSR count). The van der Waals surface area contributed by atoms with Crippen LogP contribution < -0.4 is 11.3 Å². The number of nitrogens with zero attached hydrogens (tertiary/aromatic N) is 3. The second-order valence-electron chi connectivity index (χ2n) is 3.97. The normalized spacial score (nSPS) is 10.5. The van der Waals surface area contributed by atoms with E-state index in [1.165, 1.54) is 11.0 Å². The fourth-order valence-electron chi connectivity index (χ4n) is 1.85. The highest BCUT2D eigenvalue weighted by atomic mass is 16.1. The molecule has 94 valence electrons. The number of nitrogens with two attached hydrogens (primary N) is 1. The molecule has 1 aromatic carbocycles. The molecule has 0 spiro atoms. The van der Waals surface area contributed by atoms with Crippen molar-refractivity contribution in [3.8, 4) is 17.1 Å². The van der Waals surface area contributed by atoms with Crippen molar-refractivity contribution in [3.63, 3.8) is 0 Å². The van der Waals surface area contributed by atoms with Crippen molar-refractivity contribution in [2.45, 2.75) is 0 Å². The molecule has 19 heavy (non-hydrogen) atoms. The number of nitrogen functional groups attached to an aromatic ring is 1. The number of H-pyrrole nitrogens is 1.